The van der Waals surface area contributed by atoms with Gasteiger partial charge in [-0.05, 0) is 48.5 Å². The van der Waals surface area contributed by atoms with E-state index in [-0.39, 0.29) is 11.9 Å². The SMILES string of the molecule is O=C(CN1CCC[C@H]1c1ccc2c(c1)OCCCO2)Nc1cccc2ccccc12. The normalized spacial score (nSPS) is 18.9. The smallest absolute Gasteiger partial charge is 0.238 e. The zero-order valence-corrected chi connectivity index (χ0v) is 17.0. The first-order valence-electron chi connectivity index (χ1n) is 10.7. The number of hydrogen-bond acceptors (Lipinski definition) is 4. The summed E-state index contributed by atoms with van der Waals surface area (Å²) in [6, 6.07) is 20.5. The number of rotatable bonds is 4. The van der Waals surface area contributed by atoms with Gasteiger partial charge in [-0.2, -0.15) is 0 Å². The number of nitrogens with zero attached hydrogens (tertiary/aromatic N) is 1. The van der Waals surface area contributed by atoms with E-state index in [0.29, 0.717) is 19.8 Å². The molecule has 5 heteroatoms. The van der Waals surface area contributed by atoms with Gasteiger partial charge in [0, 0.05) is 23.5 Å². The number of ether oxygens (including phenoxy) is 2. The largest absolute Gasteiger partial charge is 0.490 e. The average molecular weight is 402 g/mol. The fourth-order valence-electron chi connectivity index (χ4n) is 4.49. The molecule has 0 aromatic heterocycles. The molecule has 2 aliphatic heterocycles. The molecule has 1 atom stereocenters. The van der Waals surface area contributed by atoms with Crippen molar-refractivity contribution in [3.8, 4) is 11.5 Å². The molecule has 3 aromatic carbocycles. The van der Waals surface area contributed by atoms with Crippen LogP contribution in [0.2, 0.25) is 0 Å². The molecule has 0 spiro atoms. The second-order valence-electron chi connectivity index (χ2n) is 7.96. The summed E-state index contributed by atoms with van der Waals surface area (Å²) in [5.41, 5.74) is 2.05. The standard InChI is InChI=1S/C25H26N2O3/c28-25(26-21-9-3-7-18-6-1-2-8-20(18)21)17-27-13-4-10-22(27)19-11-12-23-24(16-19)30-15-5-14-29-23/h1-3,6-9,11-12,16,22H,4-5,10,13-15,17H2,(H,26,28)/t22-/m0/s1. The van der Waals surface area contributed by atoms with Gasteiger partial charge in [0.1, 0.15) is 0 Å². The zero-order chi connectivity index (χ0) is 20.3. The summed E-state index contributed by atoms with van der Waals surface area (Å²) >= 11 is 0. The van der Waals surface area contributed by atoms with Crippen LogP contribution in [-0.4, -0.2) is 37.1 Å². The van der Waals surface area contributed by atoms with Crippen LogP contribution in [0.15, 0.2) is 60.7 Å². The maximum Gasteiger partial charge on any atom is 0.238 e. The van der Waals surface area contributed by atoms with Crippen LogP contribution >= 0.6 is 0 Å². The molecule has 0 bridgehead atoms. The van der Waals surface area contributed by atoms with Crippen molar-refractivity contribution in [2.24, 2.45) is 0 Å². The Labute approximate surface area is 176 Å². The first-order chi connectivity index (χ1) is 14.8. The monoisotopic (exact) mass is 402 g/mol. The molecule has 1 N–H and O–H groups in total. The fraction of sp³-hybridized carbons (Fsp3) is 0.320. The molecule has 5 rings (SSSR count). The Morgan fingerprint density at radius 3 is 2.73 bits per heavy atom. The zero-order valence-electron chi connectivity index (χ0n) is 17.0. The number of hydrogen-bond donors (Lipinski definition) is 1. The third kappa shape index (κ3) is 3.85. The molecule has 0 radical (unpaired) electrons. The maximum atomic E-state index is 12.9. The van der Waals surface area contributed by atoms with E-state index in [1.165, 1.54) is 5.56 Å². The molecule has 3 aromatic rings. The van der Waals surface area contributed by atoms with Crippen molar-refractivity contribution in [3.63, 3.8) is 0 Å². The van der Waals surface area contributed by atoms with Crippen LogP contribution < -0.4 is 14.8 Å². The quantitative estimate of drug-likeness (QED) is 0.683. The molecule has 0 aliphatic carbocycles. The number of nitrogens with one attached hydrogen (secondary N) is 1. The number of carbonyl (C=O) groups is 1. The van der Waals surface area contributed by atoms with Gasteiger partial charge in [-0.25, -0.2) is 0 Å². The van der Waals surface area contributed by atoms with E-state index < -0.39 is 0 Å². The predicted octanol–water partition coefficient (Wildman–Crippen LogP) is 4.78. The van der Waals surface area contributed by atoms with Gasteiger partial charge in [0.25, 0.3) is 0 Å². The van der Waals surface area contributed by atoms with Crippen molar-refractivity contribution in [1.29, 1.82) is 0 Å². The van der Waals surface area contributed by atoms with Crippen molar-refractivity contribution in [2.45, 2.75) is 25.3 Å². The summed E-state index contributed by atoms with van der Waals surface area (Å²) in [6.07, 6.45) is 3.02. The second-order valence-corrected chi connectivity index (χ2v) is 7.96. The van der Waals surface area contributed by atoms with Gasteiger partial charge in [-0.3, -0.25) is 9.69 Å². The first kappa shape index (κ1) is 18.9. The lowest BCUT2D eigenvalue weighted by Crippen LogP contribution is -2.33. The summed E-state index contributed by atoms with van der Waals surface area (Å²) < 4.78 is 11.6. The molecule has 0 unspecified atom stereocenters. The Morgan fingerprint density at radius 2 is 1.80 bits per heavy atom. The third-order valence-electron chi connectivity index (χ3n) is 5.93. The van der Waals surface area contributed by atoms with Crippen LogP contribution in [0.25, 0.3) is 10.8 Å². The minimum absolute atomic E-state index is 0.0209. The van der Waals surface area contributed by atoms with Crippen LogP contribution in [0.1, 0.15) is 30.9 Å². The van der Waals surface area contributed by atoms with Crippen LogP contribution in [0.5, 0.6) is 11.5 Å². The summed E-state index contributed by atoms with van der Waals surface area (Å²) in [4.78, 5) is 15.1. The molecule has 30 heavy (non-hydrogen) atoms. The van der Waals surface area contributed by atoms with Crippen LogP contribution in [0, 0.1) is 0 Å². The van der Waals surface area contributed by atoms with E-state index in [1.807, 2.05) is 36.4 Å². The van der Waals surface area contributed by atoms with Gasteiger partial charge in [0.2, 0.25) is 5.91 Å². The summed E-state index contributed by atoms with van der Waals surface area (Å²) in [5, 5.41) is 5.31. The van der Waals surface area contributed by atoms with E-state index >= 15 is 0 Å². The lowest BCUT2D eigenvalue weighted by Gasteiger charge is -2.25. The highest BCUT2D eigenvalue weighted by molar-refractivity contribution is 6.02. The minimum Gasteiger partial charge on any atom is -0.490 e. The average Bonchev–Trinajstić information content (AvgIpc) is 3.09. The highest BCUT2D eigenvalue weighted by Gasteiger charge is 2.28. The molecule has 2 aliphatic rings. The molecule has 1 saturated heterocycles. The Bertz CT molecular complexity index is 1060. The Morgan fingerprint density at radius 1 is 0.967 bits per heavy atom. The van der Waals surface area contributed by atoms with E-state index in [0.717, 1.165) is 53.8 Å². The lowest BCUT2D eigenvalue weighted by atomic mass is 10.0. The van der Waals surface area contributed by atoms with Gasteiger partial charge in [0.05, 0.1) is 19.8 Å². The first-order valence-corrected chi connectivity index (χ1v) is 10.7. The Balaban J connectivity index is 1.31. The number of carbonyl (C=O) groups excluding carboxylic acids is 1. The number of likely N-dealkylation sites (tertiary alicyclic amines) is 1. The summed E-state index contributed by atoms with van der Waals surface area (Å²) in [6.45, 7) is 2.67. The van der Waals surface area contributed by atoms with Crippen molar-refractivity contribution < 1.29 is 14.3 Å². The molecule has 154 valence electrons. The van der Waals surface area contributed by atoms with E-state index in [1.54, 1.807) is 0 Å². The third-order valence-corrected chi connectivity index (χ3v) is 5.93. The maximum absolute atomic E-state index is 12.9. The Kier molecular flexibility index (Phi) is 5.28. The second kappa shape index (κ2) is 8.36. The fourth-order valence-corrected chi connectivity index (χ4v) is 4.49. The number of fused-ring (bicyclic) bond motifs is 2. The molecule has 5 nitrogen and oxygen atoms in total. The van der Waals surface area contributed by atoms with Gasteiger partial charge < -0.3 is 14.8 Å². The van der Waals surface area contributed by atoms with Gasteiger partial charge >= 0.3 is 0 Å². The Hall–Kier alpha value is -3.05. The van der Waals surface area contributed by atoms with E-state index in [4.69, 9.17) is 9.47 Å². The number of anilines is 1. The van der Waals surface area contributed by atoms with Crippen LogP contribution in [0.3, 0.4) is 0 Å². The molecular formula is C25H26N2O3. The van der Waals surface area contributed by atoms with Crippen molar-refractivity contribution >= 4 is 22.4 Å². The van der Waals surface area contributed by atoms with Gasteiger partial charge in [0.15, 0.2) is 11.5 Å². The molecule has 1 amide bonds. The molecular weight excluding hydrogens is 376 g/mol. The summed E-state index contributed by atoms with van der Waals surface area (Å²) in [5.74, 6) is 1.65. The number of benzene rings is 3. The molecule has 0 saturated carbocycles. The van der Waals surface area contributed by atoms with Gasteiger partial charge in [-0.1, -0.05) is 42.5 Å². The van der Waals surface area contributed by atoms with Crippen molar-refractivity contribution in [3.05, 3.63) is 66.2 Å². The van der Waals surface area contributed by atoms with Crippen molar-refractivity contribution in [2.75, 3.05) is 31.6 Å². The molecule has 2 heterocycles. The van der Waals surface area contributed by atoms with Crippen LogP contribution in [0.4, 0.5) is 5.69 Å². The molecule has 1 fully saturated rings. The van der Waals surface area contributed by atoms with E-state index in [9.17, 15) is 4.79 Å². The highest BCUT2D eigenvalue weighted by atomic mass is 16.5. The lowest BCUT2D eigenvalue weighted by molar-refractivity contribution is -0.117. The van der Waals surface area contributed by atoms with Gasteiger partial charge in [-0.15, -0.1) is 0 Å². The highest BCUT2D eigenvalue weighted by Crippen LogP contribution is 2.37. The minimum atomic E-state index is 0.0209. The van der Waals surface area contributed by atoms with Crippen molar-refractivity contribution in [1.82, 2.24) is 4.90 Å². The predicted molar refractivity (Wildman–Crippen MR) is 118 cm³/mol. The van der Waals surface area contributed by atoms with E-state index in [2.05, 4.69) is 34.5 Å². The summed E-state index contributed by atoms with van der Waals surface area (Å²) in [7, 11) is 0. The van der Waals surface area contributed by atoms with Crippen LogP contribution in [-0.2, 0) is 4.79 Å². The number of amides is 1. The topological polar surface area (TPSA) is 50.8 Å².